The number of nitrogens with one attached hydrogen (secondary N) is 1. The number of aromatic nitrogens is 5. The fourth-order valence-corrected chi connectivity index (χ4v) is 5.00. The maximum atomic E-state index is 11.7. The maximum Gasteiger partial charge on any atom is 0.271 e. The Morgan fingerprint density at radius 2 is 1.16 bits per heavy atom. The lowest BCUT2D eigenvalue weighted by atomic mass is 9.77. The van der Waals surface area contributed by atoms with Crippen LogP contribution < -0.4 is 5.73 Å². The van der Waals surface area contributed by atoms with Gasteiger partial charge in [0.2, 0.25) is 0 Å². The summed E-state index contributed by atoms with van der Waals surface area (Å²) in [6.07, 6.45) is 2.03. The van der Waals surface area contributed by atoms with Crippen LogP contribution in [0.25, 0.3) is 22.5 Å². The molecule has 0 radical (unpaired) electrons. The van der Waals surface area contributed by atoms with E-state index in [0.717, 1.165) is 33.5 Å². The van der Waals surface area contributed by atoms with Gasteiger partial charge in [-0.25, -0.2) is 0 Å². The number of benzene rings is 4. The molecule has 0 aliphatic rings. The van der Waals surface area contributed by atoms with Crippen LogP contribution in [0.3, 0.4) is 0 Å². The lowest BCUT2D eigenvalue weighted by molar-refractivity contribution is 0.0996. The van der Waals surface area contributed by atoms with Crippen molar-refractivity contribution in [1.82, 2.24) is 25.2 Å². The first-order valence-corrected chi connectivity index (χ1v) is 12.2. The summed E-state index contributed by atoms with van der Waals surface area (Å²) in [7, 11) is 0. The minimum absolute atomic E-state index is 0.111. The van der Waals surface area contributed by atoms with Gasteiger partial charge in [-0.1, -0.05) is 115 Å². The maximum absolute atomic E-state index is 11.7. The van der Waals surface area contributed by atoms with Crippen LogP contribution in [0.15, 0.2) is 128 Å². The van der Waals surface area contributed by atoms with Crippen molar-refractivity contribution < 1.29 is 4.79 Å². The standard InChI is InChI=1S/C31H24N6O/c32-30(38)29-28(33-36-34-29)23-18-16-22(17-19-23)27-20-21-37(35-27)31(24-10-4-1-5-11-24,25-12-6-2-7-13-25)26-14-8-3-9-15-26/h1-21H,(H2,32,38)(H,33,34,36). The van der Waals surface area contributed by atoms with Crippen LogP contribution in [-0.2, 0) is 5.54 Å². The number of primary amides is 1. The zero-order valence-corrected chi connectivity index (χ0v) is 20.4. The molecule has 7 nitrogen and oxygen atoms in total. The van der Waals surface area contributed by atoms with Crippen LogP contribution >= 0.6 is 0 Å². The summed E-state index contributed by atoms with van der Waals surface area (Å²) < 4.78 is 2.04. The van der Waals surface area contributed by atoms with Crippen molar-refractivity contribution in [1.29, 1.82) is 0 Å². The second-order valence-electron chi connectivity index (χ2n) is 8.92. The number of nitrogens with two attached hydrogens (primary N) is 1. The van der Waals surface area contributed by atoms with E-state index in [2.05, 4.69) is 88.2 Å². The number of carbonyl (C=O) groups excluding carboxylic acids is 1. The largest absolute Gasteiger partial charge is 0.364 e. The third-order valence-electron chi connectivity index (χ3n) is 6.74. The number of rotatable bonds is 7. The van der Waals surface area contributed by atoms with Crippen LogP contribution in [0.5, 0.6) is 0 Å². The van der Waals surface area contributed by atoms with Crippen LogP contribution in [-0.4, -0.2) is 31.1 Å². The van der Waals surface area contributed by atoms with Crippen molar-refractivity contribution in [2.75, 3.05) is 0 Å². The fraction of sp³-hybridized carbons (Fsp3) is 0.0323. The van der Waals surface area contributed by atoms with Gasteiger partial charge in [-0.15, -0.1) is 0 Å². The summed E-state index contributed by atoms with van der Waals surface area (Å²) in [4.78, 5) is 11.7. The highest BCUT2D eigenvalue weighted by Gasteiger charge is 2.39. The molecule has 4 aromatic carbocycles. The average molecular weight is 497 g/mol. The third kappa shape index (κ3) is 3.87. The third-order valence-corrected chi connectivity index (χ3v) is 6.74. The molecule has 6 aromatic rings. The number of aromatic amines is 1. The molecule has 0 unspecified atom stereocenters. The number of hydrogen-bond acceptors (Lipinski definition) is 4. The normalized spacial score (nSPS) is 11.4. The smallest absolute Gasteiger partial charge is 0.271 e. The van der Waals surface area contributed by atoms with E-state index in [9.17, 15) is 4.79 Å². The molecule has 3 N–H and O–H groups in total. The Morgan fingerprint density at radius 3 is 1.66 bits per heavy atom. The topological polar surface area (TPSA) is 102 Å². The minimum Gasteiger partial charge on any atom is -0.364 e. The fourth-order valence-electron chi connectivity index (χ4n) is 5.00. The molecule has 0 fully saturated rings. The van der Waals surface area contributed by atoms with Crippen LogP contribution in [0.1, 0.15) is 27.2 Å². The van der Waals surface area contributed by atoms with Crippen molar-refractivity contribution in [2.45, 2.75) is 5.54 Å². The van der Waals surface area contributed by atoms with Crippen molar-refractivity contribution in [2.24, 2.45) is 5.73 Å². The second-order valence-corrected chi connectivity index (χ2v) is 8.92. The van der Waals surface area contributed by atoms with Gasteiger partial charge in [-0.05, 0) is 22.8 Å². The van der Waals surface area contributed by atoms with E-state index < -0.39 is 11.4 Å². The van der Waals surface area contributed by atoms with E-state index in [1.54, 1.807) is 0 Å². The molecule has 0 spiro atoms. The first-order chi connectivity index (χ1) is 18.7. The molecule has 2 aromatic heterocycles. The van der Waals surface area contributed by atoms with E-state index >= 15 is 0 Å². The van der Waals surface area contributed by atoms with Crippen LogP contribution in [0.4, 0.5) is 0 Å². The van der Waals surface area contributed by atoms with Crippen molar-refractivity contribution >= 4 is 5.91 Å². The van der Waals surface area contributed by atoms with Gasteiger partial charge in [0, 0.05) is 17.3 Å². The second kappa shape index (κ2) is 9.63. The van der Waals surface area contributed by atoms with E-state index in [1.165, 1.54) is 0 Å². The highest BCUT2D eigenvalue weighted by Crippen LogP contribution is 2.40. The number of carbonyl (C=O) groups is 1. The Balaban J connectivity index is 1.49. The molecule has 6 rings (SSSR count). The zero-order valence-electron chi connectivity index (χ0n) is 20.4. The Hall–Kier alpha value is -5.30. The van der Waals surface area contributed by atoms with Gasteiger partial charge in [0.05, 0.1) is 5.69 Å². The molecule has 1 amide bonds. The molecule has 0 saturated carbocycles. The van der Waals surface area contributed by atoms with Gasteiger partial charge in [0.25, 0.3) is 5.91 Å². The van der Waals surface area contributed by atoms with Crippen LogP contribution in [0, 0.1) is 0 Å². The first-order valence-electron chi connectivity index (χ1n) is 12.2. The summed E-state index contributed by atoms with van der Waals surface area (Å²) in [6, 6.07) is 41.0. The van der Waals surface area contributed by atoms with Crippen molar-refractivity contribution in [3.63, 3.8) is 0 Å². The lowest BCUT2D eigenvalue weighted by Crippen LogP contribution is -2.38. The number of H-pyrrole nitrogens is 1. The molecular weight excluding hydrogens is 472 g/mol. The van der Waals surface area contributed by atoms with Gasteiger partial charge in [0.15, 0.2) is 5.69 Å². The molecule has 0 bridgehead atoms. The molecule has 0 aliphatic heterocycles. The first kappa shape index (κ1) is 23.1. The van der Waals surface area contributed by atoms with E-state index in [-0.39, 0.29) is 5.69 Å². The summed E-state index contributed by atoms with van der Waals surface area (Å²) in [6.45, 7) is 0. The van der Waals surface area contributed by atoms with E-state index in [1.807, 2.05) is 59.4 Å². The molecular formula is C31H24N6O. The molecule has 184 valence electrons. The lowest BCUT2D eigenvalue weighted by Gasteiger charge is -2.36. The summed E-state index contributed by atoms with van der Waals surface area (Å²) in [5.41, 5.74) is 11.1. The van der Waals surface area contributed by atoms with Gasteiger partial charge < -0.3 is 5.73 Å². The summed E-state index contributed by atoms with van der Waals surface area (Å²) in [5.74, 6) is -0.629. The Bertz CT molecular complexity index is 1580. The van der Waals surface area contributed by atoms with Gasteiger partial charge in [0.1, 0.15) is 11.2 Å². The van der Waals surface area contributed by atoms with Crippen molar-refractivity contribution in [3.05, 3.63) is 150 Å². The molecule has 38 heavy (non-hydrogen) atoms. The minimum atomic E-state index is -0.681. The van der Waals surface area contributed by atoms with E-state index in [4.69, 9.17) is 10.8 Å². The predicted octanol–water partition coefficient (Wildman–Crippen LogP) is 5.27. The quantitative estimate of drug-likeness (QED) is 0.294. The van der Waals surface area contributed by atoms with Gasteiger partial charge in [-0.3, -0.25) is 9.48 Å². The number of hydrogen-bond donors (Lipinski definition) is 2. The van der Waals surface area contributed by atoms with Gasteiger partial charge >= 0.3 is 0 Å². The summed E-state index contributed by atoms with van der Waals surface area (Å²) in [5, 5.41) is 15.6. The Morgan fingerprint density at radius 1 is 0.658 bits per heavy atom. The molecule has 0 saturated heterocycles. The highest BCUT2D eigenvalue weighted by atomic mass is 16.1. The van der Waals surface area contributed by atoms with Crippen LogP contribution in [0.2, 0.25) is 0 Å². The monoisotopic (exact) mass is 496 g/mol. The average Bonchev–Trinajstić information content (AvgIpc) is 3.67. The zero-order chi connectivity index (χ0) is 26.0. The summed E-state index contributed by atoms with van der Waals surface area (Å²) >= 11 is 0. The highest BCUT2D eigenvalue weighted by molar-refractivity contribution is 5.96. The Kier molecular flexibility index (Phi) is 5.86. The number of amides is 1. The molecule has 0 atom stereocenters. The van der Waals surface area contributed by atoms with Gasteiger partial charge in [-0.2, -0.15) is 20.5 Å². The predicted molar refractivity (Wildman–Crippen MR) is 146 cm³/mol. The molecule has 2 heterocycles. The molecule has 0 aliphatic carbocycles. The van der Waals surface area contributed by atoms with Crippen molar-refractivity contribution in [3.8, 4) is 22.5 Å². The Labute approximate surface area is 219 Å². The molecule has 7 heteroatoms. The van der Waals surface area contributed by atoms with E-state index in [0.29, 0.717) is 5.69 Å². The SMILES string of the molecule is NC(=O)c1n[nH]nc1-c1ccc(-c2ccn(C(c3ccccc3)(c3ccccc3)c3ccccc3)n2)cc1. The number of nitrogens with zero attached hydrogens (tertiary/aromatic N) is 4.